The van der Waals surface area contributed by atoms with Crippen LogP contribution in [0.2, 0.25) is 0 Å². The topological polar surface area (TPSA) is 103 Å². The third-order valence-electron chi connectivity index (χ3n) is 9.49. The van der Waals surface area contributed by atoms with Crippen LogP contribution < -0.4 is 15.1 Å². The molecule has 10 heteroatoms. The Balaban J connectivity index is 1.07. The van der Waals surface area contributed by atoms with Gasteiger partial charge in [0.05, 0.1) is 11.0 Å². The number of carbonyl (C=O) groups is 2. The monoisotopic (exact) mass is 638 g/mol. The van der Waals surface area contributed by atoms with Gasteiger partial charge >= 0.3 is 6.09 Å². The molecule has 2 fully saturated rings. The second-order valence-corrected chi connectivity index (χ2v) is 12.7. The van der Waals surface area contributed by atoms with Crippen LogP contribution in [0.3, 0.4) is 0 Å². The second kappa shape index (κ2) is 15.3. The molecule has 2 unspecified atom stereocenters. The van der Waals surface area contributed by atoms with Gasteiger partial charge in [0, 0.05) is 89.3 Å². The quantitative estimate of drug-likeness (QED) is 0.201. The van der Waals surface area contributed by atoms with Crippen molar-refractivity contribution in [1.82, 2.24) is 19.8 Å². The number of anilines is 2. The number of nitrogens with zero attached hydrogens (tertiary/aromatic N) is 5. The first-order chi connectivity index (χ1) is 23.0. The standard InChI is InChI=1S/C37H46N6O4/c1-47-24-8-19-43-34-13-6-5-12-33(34)39-36(43)29-9-7-18-42(27-29)35(44)26-30(38-37(45)46)25-28-14-16-32(17-15-28)41-22-20-40(21-23-41)31-10-3-2-4-11-31/h2-6,10-17,29-30,38H,7-9,18-27H2,1H3,(H,45,46). The molecule has 0 aliphatic carbocycles. The van der Waals surface area contributed by atoms with Gasteiger partial charge in [0.2, 0.25) is 5.91 Å². The number of carboxylic acid groups (broad SMARTS) is 1. The van der Waals surface area contributed by atoms with E-state index in [1.165, 1.54) is 5.69 Å². The Morgan fingerprint density at radius 2 is 1.60 bits per heavy atom. The molecule has 10 nitrogen and oxygen atoms in total. The van der Waals surface area contributed by atoms with E-state index in [0.29, 0.717) is 26.1 Å². The molecule has 0 bridgehead atoms. The minimum atomic E-state index is -1.11. The minimum absolute atomic E-state index is 0.0246. The van der Waals surface area contributed by atoms with Crippen molar-refractivity contribution in [2.24, 2.45) is 0 Å². The van der Waals surface area contributed by atoms with Crippen LogP contribution >= 0.6 is 0 Å². The van der Waals surface area contributed by atoms with Gasteiger partial charge in [-0.3, -0.25) is 4.79 Å². The Morgan fingerprint density at radius 3 is 2.30 bits per heavy atom. The van der Waals surface area contributed by atoms with E-state index in [0.717, 1.165) is 80.1 Å². The van der Waals surface area contributed by atoms with Crippen LogP contribution in [0.25, 0.3) is 11.0 Å². The number of nitrogens with one attached hydrogen (secondary N) is 1. The van der Waals surface area contributed by atoms with Crippen molar-refractivity contribution >= 4 is 34.4 Å². The number of piperidine rings is 1. The first-order valence-electron chi connectivity index (χ1n) is 16.8. The summed E-state index contributed by atoms with van der Waals surface area (Å²) in [6.45, 7) is 6.53. The van der Waals surface area contributed by atoms with E-state index in [1.807, 2.05) is 29.2 Å². The van der Waals surface area contributed by atoms with E-state index < -0.39 is 12.1 Å². The molecule has 47 heavy (non-hydrogen) atoms. The lowest BCUT2D eigenvalue weighted by Gasteiger charge is -2.37. The average Bonchev–Trinajstić information content (AvgIpc) is 3.47. The molecule has 248 valence electrons. The molecular formula is C37H46N6O4. The van der Waals surface area contributed by atoms with E-state index in [2.05, 4.69) is 74.3 Å². The number of carbonyl (C=O) groups excluding carboxylic acids is 1. The molecule has 2 amide bonds. The van der Waals surface area contributed by atoms with E-state index in [4.69, 9.17) is 9.72 Å². The first kappa shape index (κ1) is 32.4. The lowest BCUT2D eigenvalue weighted by atomic mass is 9.95. The van der Waals surface area contributed by atoms with Crippen LogP contribution in [0, 0.1) is 0 Å². The van der Waals surface area contributed by atoms with E-state index in [9.17, 15) is 14.7 Å². The Kier molecular flexibility index (Phi) is 10.6. The summed E-state index contributed by atoms with van der Waals surface area (Å²) in [7, 11) is 1.72. The maximum atomic E-state index is 13.7. The fraction of sp³-hybridized carbons (Fsp3) is 0.432. The third kappa shape index (κ3) is 8.05. The summed E-state index contributed by atoms with van der Waals surface area (Å²) in [6, 6.07) is 26.5. The number of para-hydroxylation sites is 3. The lowest BCUT2D eigenvalue weighted by Crippen LogP contribution is -2.46. The summed E-state index contributed by atoms with van der Waals surface area (Å²) in [5, 5.41) is 12.2. The van der Waals surface area contributed by atoms with E-state index >= 15 is 0 Å². The highest BCUT2D eigenvalue weighted by Crippen LogP contribution is 2.30. The SMILES string of the molecule is COCCCn1c(C2CCCN(C(=O)CC(Cc3ccc(N4CCN(c5ccccc5)CC4)cc3)NC(=O)O)C2)nc2ccccc21. The predicted octanol–water partition coefficient (Wildman–Crippen LogP) is 5.37. The van der Waals surface area contributed by atoms with Crippen LogP contribution in [0.4, 0.5) is 16.2 Å². The van der Waals surface area contributed by atoms with Crippen molar-refractivity contribution in [3.8, 4) is 0 Å². The summed E-state index contributed by atoms with van der Waals surface area (Å²) < 4.78 is 7.59. The largest absolute Gasteiger partial charge is 0.465 e. The molecule has 0 radical (unpaired) electrons. The zero-order chi connectivity index (χ0) is 32.6. The first-order valence-corrected chi connectivity index (χ1v) is 16.8. The van der Waals surface area contributed by atoms with Gasteiger partial charge in [-0.25, -0.2) is 9.78 Å². The molecule has 3 aromatic carbocycles. The number of amides is 2. The molecular weight excluding hydrogens is 592 g/mol. The number of methoxy groups -OCH3 is 1. The third-order valence-corrected chi connectivity index (χ3v) is 9.49. The van der Waals surface area contributed by atoms with Crippen molar-refractivity contribution in [2.75, 3.05) is 62.8 Å². The number of aromatic nitrogens is 2. The summed E-state index contributed by atoms with van der Waals surface area (Å²) in [6.07, 6.45) is 2.18. The molecule has 2 saturated heterocycles. The van der Waals surface area contributed by atoms with Crippen molar-refractivity contribution in [1.29, 1.82) is 0 Å². The number of piperazine rings is 1. The second-order valence-electron chi connectivity index (χ2n) is 12.7. The zero-order valence-corrected chi connectivity index (χ0v) is 27.3. The van der Waals surface area contributed by atoms with Crippen LogP contribution in [0.1, 0.15) is 43.0 Å². The van der Waals surface area contributed by atoms with Crippen LogP contribution in [-0.2, 0) is 22.5 Å². The number of hydrogen-bond acceptors (Lipinski definition) is 6. The number of fused-ring (bicyclic) bond motifs is 1. The Morgan fingerprint density at radius 1 is 0.915 bits per heavy atom. The molecule has 1 aromatic heterocycles. The van der Waals surface area contributed by atoms with Crippen LogP contribution in [0.5, 0.6) is 0 Å². The Labute approximate surface area is 276 Å². The Hall–Kier alpha value is -4.57. The molecule has 3 heterocycles. The van der Waals surface area contributed by atoms with Crippen LogP contribution in [-0.4, -0.2) is 90.6 Å². The molecule has 2 aliphatic rings. The van der Waals surface area contributed by atoms with Gasteiger partial charge in [-0.15, -0.1) is 0 Å². The fourth-order valence-corrected chi connectivity index (χ4v) is 7.10. The average molecular weight is 639 g/mol. The highest BCUT2D eigenvalue weighted by Gasteiger charge is 2.30. The van der Waals surface area contributed by atoms with Crippen molar-refractivity contribution in [2.45, 2.75) is 50.6 Å². The lowest BCUT2D eigenvalue weighted by molar-refractivity contribution is -0.132. The van der Waals surface area contributed by atoms with Gasteiger partial charge < -0.3 is 34.4 Å². The molecule has 6 rings (SSSR count). The van der Waals surface area contributed by atoms with Gasteiger partial charge in [0.15, 0.2) is 0 Å². The maximum absolute atomic E-state index is 13.7. The molecule has 2 aliphatic heterocycles. The van der Waals surface area contributed by atoms with Crippen molar-refractivity contribution in [3.05, 3.63) is 90.3 Å². The normalized spacial score (nSPS) is 17.6. The van der Waals surface area contributed by atoms with E-state index in [-0.39, 0.29) is 18.2 Å². The summed E-state index contributed by atoms with van der Waals surface area (Å²) in [5.41, 5.74) is 5.49. The smallest absolute Gasteiger partial charge is 0.404 e. The molecule has 2 atom stereocenters. The number of imidazole rings is 1. The maximum Gasteiger partial charge on any atom is 0.404 e. The predicted molar refractivity (Wildman–Crippen MR) is 185 cm³/mol. The number of rotatable bonds is 12. The summed E-state index contributed by atoms with van der Waals surface area (Å²) >= 11 is 0. The molecule has 0 saturated carbocycles. The summed E-state index contributed by atoms with van der Waals surface area (Å²) in [4.78, 5) is 37.1. The number of aryl methyl sites for hydroxylation is 1. The van der Waals surface area contributed by atoms with Gasteiger partial charge in [-0.1, -0.05) is 42.5 Å². The number of benzene rings is 3. The van der Waals surface area contributed by atoms with Crippen LogP contribution in [0.15, 0.2) is 78.9 Å². The van der Waals surface area contributed by atoms with Gasteiger partial charge in [0.25, 0.3) is 0 Å². The fourth-order valence-electron chi connectivity index (χ4n) is 7.10. The molecule has 2 N–H and O–H groups in total. The van der Waals surface area contributed by atoms with Gasteiger partial charge in [-0.05, 0) is 67.6 Å². The number of likely N-dealkylation sites (tertiary alicyclic amines) is 1. The summed E-state index contributed by atoms with van der Waals surface area (Å²) in [5.74, 6) is 1.11. The molecule has 0 spiro atoms. The zero-order valence-electron chi connectivity index (χ0n) is 27.3. The number of ether oxygens (including phenoxy) is 1. The van der Waals surface area contributed by atoms with Crippen molar-refractivity contribution in [3.63, 3.8) is 0 Å². The molecule has 4 aromatic rings. The highest BCUT2D eigenvalue weighted by molar-refractivity contribution is 5.78. The Bertz CT molecular complexity index is 1620. The number of hydrogen-bond donors (Lipinski definition) is 2. The van der Waals surface area contributed by atoms with E-state index in [1.54, 1.807) is 7.11 Å². The van der Waals surface area contributed by atoms with Gasteiger partial charge in [0.1, 0.15) is 5.82 Å². The highest BCUT2D eigenvalue weighted by atomic mass is 16.5. The minimum Gasteiger partial charge on any atom is -0.465 e. The van der Waals surface area contributed by atoms with Crippen molar-refractivity contribution < 1.29 is 19.4 Å². The van der Waals surface area contributed by atoms with Gasteiger partial charge in [-0.2, -0.15) is 0 Å².